The normalized spacial score (nSPS) is 14.2. The van der Waals surface area contributed by atoms with Crippen LogP contribution in [-0.4, -0.2) is 21.6 Å². The van der Waals surface area contributed by atoms with Gasteiger partial charge in [-0.05, 0) is 67.5 Å². The molecule has 144 valence electrons. The number of fused-ring (bicyclic) bond motifs is 1. The lowest BCUT2D eigenvalue weighted by molar-refractivity contribution is -0.127. The van der Waals surface area contributed by atoms with E-state index in [-0.39, 0.29) is 5.91 Å². The number of hydrogen-bond acceptors (Lipinski definition) is 3. The maximum atomic E-state index is 12.5. The molecule has 4 rings (SSSR count). The van der Waals surface area contributed by atoms with Crippen molar-refractivity contribution in [2.45, 2.75) is 45.3 Å². The Balaban J connectivity index is 1.34. The molecule has 1 aliphatic rings. The standard InChI is InChI=1S/C23H25N3O2/c1-17(28-22-8-4-6-19-5-2-3-7-21(19)22)23(27)25-15-18-9-11-20(12-10-18)26-14-13-24-16-26/h4,6,8-14,16-17H,2-3,5,7,15H2,1H3,(H,25,27)/t17-/m1/s1. The monoisotopic (exact) mass is 375 g/mol. The predicted molar refractivity (Wildman–Crippen MR) is 109 cm³/mol. The minimum Gasteiger partial charge on any atom is -0.481 e. The molecule has 0 fully saturated rings. The van der Waals surface area contributed by atoms with Gasteiger partial charge in [-0.3, -0.25) is 4.79 Å². The van der Waals surface area contributed by atoms with E-state index >= 15 is 0 Å². The van der Waals surface area contributed by atoms with Crippen molar-refractivity contribution in [3.8, 4) is 11.4 Å². The average Bonchev–Trinajstić information content (AvgIpc) is 3.27. The third-order valence-corrected chi connectivity index (χ3v) is 5.23. The van der Waals surface area contributed by atoms with Crippen molar-refractivity contribution in [3.05, 3.63) is 77.9 Å². The van der Waals surface area contributed by atoms with Crippen LogP contribution in [0.2, 0.25) is 0 Å². The van der Waals surface area contributed by atoms with Crippen molar-refractivity contribution in [2.75, 3.05) is 0 Å². The summed E-state index contributed by atoms with van der Waals surface area (Å²) in [5.74, 6) is 0.747. The molecule has 0 spiro atoms. The van der Waals surface area contributed by atoms with Gasteiger partial charge in [0.05, 0.1) is 6.33 Å². The van der Waals surface area contributed by atoms with Gasteiger partial charge >= 0.3 is 0 Å². The van der Waals surface area contributed by atoms with Crippen LogP contribution in [0, 0.1) is 0 Å². The van der Waals surface area contributed by atoms with Gasteiger partial charge in [-0.1, -0.05) is 24.3 Å². The van der Waals surface area contributed by atoms with Gasteiger partial charge in [0.1, 0.15) is 5.75 Å². The zero-order valence-corrected chi connectivity index (χ0v) is 16.1. The van der Waals surface area contributed by atoms with Gasteiger partial charge in [-0.15, -0.1) is 0 Å². The molecule has 5 heteroatoms. The first-order valence-electron chi connectivity index (χ1n) is 9.83. The fraction of sp³-hybridized carbons (Fsp3) is 0.304. The van der Waals surface area contributed by atoms with Gasteiger partial charge in [-0.2, -0.15) is 0 Å². The highest BCUT2D eigenvalue weighted by Crippen LogP contribution is 2.30. The predicted octanol–water partition coefficient (Wildman–Crippen LogP) is 3.83. The number of hydrogen-bond donors (Lipinski definition) is 1. The van der Waals surface area contributed by atoms with E-state index in [4.69, 9.17) is 4.74 Å². The van der Waals surface area contributed by atoms with Crippen molar-refractivity contribution < 1.29 is 9.53 Å². The minimum absolute atomic E-state index is 0.105. The molecule has 0 bridgehead atoms. The van der Waals surface area contributed by atoms with Crippen molar-refractivity contribution in [1.82, 2.24) is 14.9 Å². The van der Waals surface area contributed by atoms with Crippen LogP contribution >= 0.6 is 0 Å². The molecule has 1 aromatic heterocycles. The summed E-state index contributed by atoms with van der Waals surface area (Å²) < 4.78 is 7.95. The van der Waals surface area contributed by atoms with Gasteiger partial charge in [0.2, 0.25) is 0 Å². The smallest absolute Gasteiger partial charge is 0.261 e. The minimum atomic E-state index is -0.529. The Morgan fingerprint density at radius 1 is 1.18 bits per heavy atom. The summed E-state index contributed by atoms with van der Waals surface area (Å²) in [6.45, 7) is 2.28. The van der Waals surface area contributed by atoms with E-state index in [1.807, 2.05) is 47.2 Å². The van der Waals surface area contributed by atoms with Crippen LogP contribution in [-0.2, 0) is 24.2 Å². The lowest BCUT2D eigenvalue weighted by Crippen LogP contribution is -2.36. The summed E-state index contributed by atoms with van der Waals surface area (Å²) in [5.41, 5.74) is 4.71. The highest BCUT2D eigenvalue weighted by atomic mass is 16.5. The Bertz CT molecular complexity index is 933. The molecule has 0 saturated carbocycles. The summed E-state index contributed by atoms with van der Waals surface area (Å²) in [4.78, 5) is 16.5. The van der Waals surface area contributed by atoms with Crippen LogP contribution in [0.3, 0.4) is 0 Å². The van der Waals surface area contributed by atoms with Gasteiger partial charge in [0.25, 0.3) is 5.91 Å². The first-order chi connectivity index (χ1) is 13.7. The van der Waals surface area contributed by atoms with Crippen LogP contribution in [0.25, 0.3) is 5.69 Å². The molecule has 0 aliphatic heterocycles. The van der Waals surface area contributed by atoms with E-state index < -0.39 is 6.10 Å². The number of nitrogens with zero attached hydrogens (tertiary/aromatic N) is 2. The average molecular weight is 375 g/mol. The van der Waals surface area contributed by atoms with Crippen molar-refractivity contribution in [1.29, 1.82) is 0 Å². The molecule has 0 radical (unpaired) electrons. The molecule has 1 N–H and O–H groups in total. The number of ether oxygens (including phenoxy) is 1. The molecule has 1 aliphatic carbocycles. The number of imidazole rings is 1. The number of rotatable bonds is 6. The quantitative estimate of drug-likeness (QED) is 0.712. The molecule has 2 aromatic carbocycles. The third kappa shape index (κ3) is 4.09. The number of aromatic nitrogens is 2. The summed E-state index contributed by atoms with van der Waals surface area (Å²) in [5, 5.41) is 2.97. The molecular formula is C23H25N3O2. The Morgan fingerprint density at radius 3 is 2.79 bits per heavy atom. The molecule has 0 saturated heterocycles. The van der Waals surface area contributed by atoms with Crippen molar-refractivity contribution in [3.63, 3.8) is 0 Å². The van der Waals surface area contributed by atoms with Gasteiger partial charge in [0, 0.05) is 24.6 Å². The van der Waals surface area contributed by atoms with Crippen LogP contribution in [0.15, 0.2) is 61.2 Å². The molecule has 1 heterocycles. The second kappa shape index (κ2) is 8.30. The largest absolute Gasteiger partial charge is 0.481 e. The maximum Gasteiger partial charge on any atom is 0.261 e. The van der Waals surface area contributed by atoms with E-state index in [2.05, 4.69) is 16.4 Å². The highest BCUT2D eigenvalue weighted by molar-refractivity contribution is 5.80. The number of nitrogens with one attached hydrogen (secondary N) is 1. The zero-order valence-electron chi connectivity index (χ0n) is 16.1. The van der Waals surface area contributed by atoms with Crippen molar-refractivity contribution in [2.24, 2.45) is 0 Å². The van der Waals surface area contributed by atoms with Crippen LogP contribution in [0.4, 0.5) is 0 Å². The zero-order chi connectivity index (χ0) is 19.3. The van der Waals surface area contributed by atoms with E-state index in [1.165, 1.54) is 24.0 Å². The highest BCUT2D eigenvalue weighted by Gasteiger charge is 2.19. The number of carbonyl (C=O) groups is 1. The lowest BCUT2D eigenvalue weighted by atomic mass is 9.91. The Labute approximate surface area is 165 Å². The summed E-state index contributed by atoms with van der Waals surface area (Å²) >= 11 is 0. The Kier molecular flexibility index (Phi) is 5.42. The number of benzene rings is 2. The molecule has 3 aromatic rings. The lowest BCUT2D eigenvalue weighted by Gasteiger charge is -2.22. The number of aryl methyl sites for hydroxylation is 1. The number of carbonyl (C=O) groups excluding carboxylic acids is 1. The van der Waals surface area contributed by atoms with E-state index in [0.717, 1.165) is 29.8 Å². The molecule has 1 amide bonds. The van der Waals surface area contributed by atoms with E-state index in [0.29, 0.717) is 6.54 Å². The SMILES string of the molecule is C[C@@H](Oc1cccc2c1CCCC2)C(=O)NCc1ccc(-n2ccnc2)cc1. The van der Waals surface area contributed by atoms with Crippen LogP contribution in [0.5, 0.6) is 5.75 Å². The first-order valence-corrected chi connectivity index (χ1v) is 9.83. The molecular weight excluding hydrogens is 350 g/mol. The summed E-state index contributed by atoms with van der Waals surface area (Å²) in [6, 6.07) is 14.2. The van der Waals surface area contributed by atoms with Gasteiger partial charge < -0.3 is 14.6 Å². The topological polar surface area (TPSA) is 56.1 Å². The van der Waals surface area contributed by atoms with E-state index in [9.17, 15) is 4.79 Å². The first kappa shape index (κ1) is 18.3. The molecule has 0 unspecified atom stereocenters. The summed E-state index contributed by atoms with van der Waals surface area (Å²) in [7, 11) is 0. The van der Waals surface area contributed by atoms with E-state index in [1.54, 1.807) is 19.4 Å². The second-order valence-electron chi connectivity index (χ2n) is 7.22. The molecule has 1 atom stereocenters. The van der Waals surface area contributed by atoms with Crippen LogP contribution < -0.4 is 10.1 Å². The Hall–Kier alpha value is -3.08. The fourth-order valence-corrected chi connectivity index (χ4v) is 3.63. The molecule has 28 heavy (non-hydrogen) atoms. The maximum absolute atomic E-state index is 12.5. The number of amides is 1. The summed E-state index contributed by atoms with van der Waals surface area (Å²) in [6.07, 6.45) is 9.43. The van der Waals surface area contributed by atoms with Crippen LogP contribution in [0.1, 0.15) is 36.5 Å². The Morgan fingerprint density at radius 2 is 2.00 bits per heavy atom. The molecule has 5 nitrogen and oxygen atoms in total. The third-order valence-electron chi connectivity index (χ3n) is 5.23. The van der Waals surface area contributed by atoms with Crippen molar-refractivity contribution >= 4 is 5.91 Å². The van der Waals surface area contributed by atoms with Gasteiger partial charge in [0.15, 0.2) is 6.10 Å². The van der Waals surface area contributed by atoms with Gasteiger partial charge in [-0.25, -0.2) is 4.98 Å². The fourth-order valence-electron chi connectivity index (χ4n) is 3.63. The second-order valence-corrected chi connectivity index (χ2v) is 7.22.